The molecule has 0 bridgehead atoms. The first-order valence-electron chi connectivity index (χ1n) is 13.0. The molecule has 0 aromatic carbocycles. The third kappa shape index (κ3) is 7.00. The number of likely N-dealkylation sites (tertiary alicyclic amines) is 1. The quantitative estimate of drug-likeness (QED) is 0.443. The highest BCUT2D eigenvalue weighted by molar-refractivity contribution is 7.07. The zero-order chi connectivity index (χ0) is 27.2. The summed E-state index contributed by atoms with van der Waals surface area (Å²) in [5.41, 5.74) is 4.65. The lowest BCUT2D eigenvalue weighted by atomic mass is 10.00. The maximum absolute atomic E-state index is 13.3. The number of nitrogens with one attached hydrogen (secondary N) is 1. The van der Waals surface area contributed by atoms with Crippen LogP contribution in [0.1, 0.15) is 53.5 Å². The minimum absolute atomic E-state index is 0.0291. The Morgan fingerprint density at radius 1 is 1.29 bits per heavy atom. The first kappa shape index (κ1) is 28.3. The first-order chi connectivity index (χ1) is 18.2. The summed E-state index contributed by atoms with van der Waals surface area (Å²) < 4.78 is 4.99. The van der Waals surface area contributed by atoms with Gasteiger partial charge in [0, 0.05) is 37.1 Å². The van der Waals surface area contributed by atoms with E-state index in [1.807, 2.05) is 17.2 Å². The predicted octanol–water partition coefficient (Wildman–Crippen LogP) is 3.26. The summed E-state index contributed by atoms with van der Waals surface area (Å²) in [7, 11) is 0. The van der Waals surface area contributed by atoms with E-state index in [2.05, 4.69) is 27.1 Å². The number of carbonyl (C=O) groups is 3. The van der Waals surface area contributed by atoms with E-state index in [0.29, 0.717) is 42.7 Å². The number of hydrogen-bond acceptors (Lipinski definition) is 8. The van der Waals surface area contributed by atoms with Gasteiger partial charge in [-0.2, -0.15) is 0 Å². The van der Waals surface area contributed by atoms with Crippen molar-refractivity contribution in [2.45, 2.75) is 58.7 Å². The van der Waals surface area contributed by atoms with Gasteiger partial charge in [-0.3, -0.25) is 14.5 Å². The maximum atomic E-state index is 13.3. The average molecular weight is 563 g/mol. The summed E-state index contributed by atoms with van der Waals surface area (Å²) in [6, 6.07) is 2.06. The van der Waals surface area contributed by atoms with E-state index in [0.717, 1.165) is 43.6 Å². The molecular weight excluding hydrogens is 528 g/mol. The second-order valence-electron chi connectivity index (χ2n) is 9.92. The van der Waals surface area contributed by atoms with E-state index in [-0.39, 0.29) is 30.4 Å². The van der Waals surface area contributed by atoms with Crippen molar-refractivity contribution >= 4 is 40.8 Å². The van der Waals surface area contributed by atoms with Crippen molar-refractivity contribution in [1.29, 1.82) is 0 Å². The molecule has 12 heteroatoms. The van der Waals surface area contributed by atoms with Gasteiger partial charge < -0.3 is 19.9 Å². The van der Waals surface area contributed by atoms with E-state index in [4.69, 9.17) is 16.3 Å². The van der Waals surface area contributed by atoms with Gasteiger partial charge in [0.25, 0.3) is 5.91 Å². The third-order valence-electron chi connectivity index (χ3n) is 7.31. The molecule has 38 heavy (non-hydrogen) atoms. The van der Waals surface area contributed by atoms with Crippen LogP contribution in [0.4, 0.5) is 4.79 Å². The Labute approximate surface area is 232 Å². The normalized spacial score (nSPS) is 17.4. The van der Waals surface area contributed by atoms with Gasteiger partial charge in [-0.25, -0.2) is 14.8 Å². The second kappa shape index (κ2) is 12.9. The van der Waals surface area contributed by atoms with Crippen molar-refractivity contribution in [2.24, 2.45) is 0 Å². The number of amides is 3. The number of nitrogens with zero attached hydrogens (tertiary/aromatic N) is 5. The van der Waals surface area contributed by atoms with Crippen molar-refractivity contribution in [3.63, 3.8) is 0 Å². The lowest BCUT2D eigenvalue weighted by Gasteiger charge is -2.41. The van der Waals surface area contributed by atoms with Crippen molar-refractivity contribution < 1.29 is 19.1 Å². The molecule has 2 aliphatic heterocycles. The molecule has 2 fully saturated rings. The fourth-order valence-electron chi connectivity index (χ4n) is 5.17. The minimum atomic E-state index is -0.430. The van der Waals surface area contributed by atoms with Crippen LogP contribution in [0, 0.1) is 13.8 Å². The molecule has 3 amide bonds. The number of ether oxygens (including phenoxy) is 1. The van der Waals surface area contributed by atoms with Gasteiger partial charge in [0.05, 0.1) is 35.6 Å². The van der Waals surface area contributed by atoms with Gasteiger partial charge in [-0.15, -0.1) is 11.3 Å². The standard InChI is InChI=1S/C26H35ClN6O4S/c1-17-12-22(27)30-19(3)24(17)25(35)28-7-4-18(2)31-8-5-21(6-9-31)33(13-20-15-38-16-29-20)23(34)14-32-10-11-37-26(32)36/h12,15-16,18,21H,4-11,13-14H2,1-3H3,(H,28,35)/t18-/m1/s1. The molecule has 0 aliphatic carbocycles. The number of piperidine rings is 1. The molecule has 2 saturated heterocycles. The summed E-state index contributed by atoms with van der Waals surface area (Å²) in [4.78, 5) is 52.2. The van der Waals surface area contributed by atoms with Crippen LogP contribution >= 0.6 is 22.9 Å². The predicted molar refractivity (Wildman–Crippen MR) is 145 cm³/mol. The Bertz CT molecular complexity index is 1120. The Morgan fingerprint density at radius 2 is 2.05 bits per heavy atom. The van der Waals surface area contributed by atoms with Gasteiger partial charge in [-0.1, -0.05) is 11.6 Å². The molecule has 0 unspecified atom stereocenters. The van der Waals surface area contributed by atoms with Crippen molar-refractivity contribution in [2.75, 3.05) is 39.3 Å². The van der Waals surface area contributed by atoms with Crippen LogP contribution in [0.5, 0.6) is 0 Å². The van der Waals surface area contributed by atoms with Crippen LogP contribution in [0.25, 0.3) is 0 Å². The van der Waals surface area contributed by atoms with Crippen LogP contribution in [0.3, 0.4) is 0 Å². The van der Waals surface area contributed by atoms with E-state index >= 15 is 0 Å². The lowest BCUT2D eigenvalue weighted by Crippen LogP contribution is -2.51. The number of halogens is 1. The van der Waals surface area contributed by atoms with Crippen molar-refractivity contribution in [3.05, 3.63) is 44.6 Å². The fraction of sp³-hybridized carbons (Fsp3) is 0.577. The van der Waals surface area contributed by atoms with Gasteiger partial charge in [0.2, 0.25) is 5.91 Å². The number of aromatic nitrogens is 2. The van der Waals surface area contributed by atoms with Crippen LogP contribution in [-0.2, 0) is 16.1 Å². The molecule has 206 valence electrons. The molecule has 0 radical (unpaired) electrons. The number of aryl methyl sites for hydroxylation is 2. The molecule has 1 atom stereocenters. The molecular formula is C26H35ClN6O4S. The summed E-state index contributed by atoms with van der Waals surface area (Å²) in [6.45, 7) is 9.32. The highest BCUT2D eigenvalue weighted by Gasteiger charge is 2.33. The van der Waals surface area contributed by atoms with E-state index < -0.39 is 6.09 Å². The number of pyridine rings is 1. The molecule has 10 nitrogen and oxygen atoms in total. The smallest absolute Gasteiger partial charge is 0.410 e. The van der Waals surface area contributed by atoms with Gasteiger partial charge in [0.15, 0.2) is 0 Å². The lowest BCUT2D eigenvalue weighted by molar-refractivity contribution is -0.136. The van der Waals surface area contributed by atoms with E-state index in [9.17, 15) is 14.4 Å². The number of thiazole rings is 1. The Balaban J connectivity index is 1.28. The number of carbonyl (C=O) groups excluding carboxylic acids is 3. The summed E-state index contributed by atoms with van der Waals surface area (Å²) in [5.74, 6) is -0.207. The zero-order valence-electron chi connectivity index (χ0n) is 22.1. The Morgan fingerprint density at radius 3 is 2.68 bits per heavy atom. The average Bonchev–Trinajstić information content (AvgIpc) is 3.53. The van der Waals surface area contributed by atoms with E-state index in [1.165, 1.54) is 16.2 Å². The zero-order valence-corrected chi connectivity index (χ0v) is 23.7. The third-order valence-corrected chi connectivity index (χ3v) is 8.14. The van der Waals surface area contributed by atoms with E-state index in [1.54, 1.807) is 18.5 Å². The molecule has 0 saturated carbocycles. The fourth-order valence-corrected chi connectivity index (χ4v) is 6.01. The van der Waals surface area contributed by atoms with Crippen molar-refractivity contribution in [3.8, 4) is 0 Å². The first-order valence-corrected chi connectivity index (χ1v) is 14.3. The number of hydrogen-bond donors (Lipinski definition) is 1. The topological polar surface area (TPSA) is 108 Å². The maximum Gasteiger partial charge on any atom is 0.410 e. The second-order valence-corrected chi connectivity index (χ2v) is 11.0. The summed E-state index contributed by atoms with van der Waals surface area (Å²) >= 11 is 7.50. The molecule has 2 aromatic heterocycles. The highest BCUT2D eigenvalue weighted by Crippen LogP contribution is 2.22. The minimum Gasteiger partial charge on any atom is -0.448 e. The number of rotatable bonds is 10. The Hall–Kier alpha value is -2.76. The number of cyclic esters (lactones) is 1. The summed E-state index contributed by atoms with van der Waals surface area (Å²) in [6.07, 6.45) is 2.06. The van der Waals surface area contributed by atoms with Crippen LogP contribution in [-0.4, -0.2) is 94.0 Å². The molecule has 4 rings (SSSR count). The highest BCUT2D eigenvalue weighted by atomic mass is 35.5. The SMILES string of the molecule is Cc1cc(Cl)nc(C)c1C(=O)NCC[C@@H](C)N1CCC(N(Cc2cscn2)C(=O)CN2CCOC2=O)CC1. The van der Waals surface area contributed by atoms with Crippen molar-refractivity contribution in [1.82, 2.24) is 30.0 Å². The van der Waals surface area contributed by atoms with Crippen LogP contribution in [0.15, 0.2) is 17.0 Å². The molecule has 4 heterocycles. The molecule has 2 aromatic rings. The van der Waals surface area contributed by atoms with Crippen LogP contribution < -0.4 is 5.32 Å². The Kier molecular flexibility index (Phi) is 9.56. The largest absolute Gasteiger partial charge is 0.448 e. The molecule has 1 N–H and O–H groups in total. The summed E-state index contributed by atoms with van der Waals surface area (Å²) in [5, 5.41) is 5.37. The van der Waals surface area contributed by atoms with Gasteiger partial charge >= 0.3 is 6.09 Å². The molecule has 0 spiro atoms. The van der Waals surface area contributed by atoms with Crippen LogP contribution in [0.2, 0.25) is 5.15 Å². The van der Waals surface area contributed by atoms with Gasteiger partial charge in [-0.05, 0) is 51.7 Å². The van der Waals surface area contributed by atoms with Gasteiger partial charge in [0.1, 0.15) is 18.3 Å². The monoisotopic (exact) mass is 562 g/mol. The molecule has 2 aliphatic rings.